The maximum absolute atomic E-state index is 12.0. The summed E-state index contributed by atoms with van der Waals surface area (Å²) in [7, 11) is 0. The minimum absolute atomic E-state index is 0.139. The Bertz CT molecular complexity index is 751. The number of rotatable bonds is 7. The van der Waals surface area contributed by atoms with Gasteiger partial charge in [-0.2, -0.15) is 5.26 Å². The second kappa shape index (κ2) is 8.45. The molecule has 1 N–H and O–H groups in total. The topological polar surface area (TPSA) is 95.7 Å². The zero-order valence-electron chi connectivity index (χ0n) is 13.9. The molecule has 0 aliphatic carbocycles. The maximum Gasteiger partial charge on any atom is 0.302 e. The number of hydrogen-bond acceptors (Lipinski definition) is 6. The van der Waals surface area contributed by atoms with Gasteiger partial charge in [0.2, 0.25) is 11.2 Å². The number of pyridine rings is 1. The highest BCUT2D eigenvalue weighted by molar-refractivity contribution is 8.00. The Morgan fingerprint density at radius 1 is 1.50 bits per heavy atom. The normalized spacial score (nSPS) is 10.6. The van der Waals surface area contributed by atoms with Crippen molar-refractivity contribution < 1.29 is 14.0 Å². The summed E-state index contributed by atoms with van der Waals surface area (Å²) in [6.45, 7) is 5.99. The van der Waals surface area contributed by atoms with E-state index >= 15 is 0 Å². The summed E-state index contributed by atoms with van der Waals surface area (Å²) >= 11 is 1.24. The molecule has 126 valence electrons. The summed E-state index contributed by atoms with van der Waals surface area (Å²) in [5.74, 6) is 0.195. The van der Waals surface area contributed by atoms with Crippen LogP contribution < -0.4 is 10.00 Å². The SMILES string of the molecule is CCCc1ccc(C#N)c(SCC(=O)Nc2c[n+](C(C)C)no2)n1. The number of anilines is 1. The third-order valence-corrected chi connectivity index (χ3v) is 4.15. The number of thioether (sulfide) groups is 1. The second-order valence-corrected chi connectivity index (χ2v) is 6.46. The Morgan fingerprint density at radius 3 is 2.92 bits per heavy atom. The minimum Gasteiger partial charge on any atom is -0.288 e. The van der Waals surface area contributed by atoms with Crippen LogP contribution in [-0.2, 0) is 11.2 Å². The van der Waals surface area contributed by atoms with E-state index in [0.717, 1.165) is 18.5 Å². The first-order chi connectivity index (χ1) is 11.5. The van der Waals surface area contributed by atoms with Gasteiger partial charge in [-0.15, -0.1) is 0 Å². The van der Waals surface area contributed by atoms with Gasteiger partial charge in [-0.1, -0.05) is 25.1 Å². The molecule has 0 saturated heterocycles. The molecule has 0 saturated carbocycles. The van der Waals surface area contributed by atoms with Gasteiger partial charge in [-0.05, 0) is 37.1 Å². The van der Waals surface area contributed by atoms with Crippen LogP contribution in [-0.4, -0.2) is 21.9 Å². The molecule has 2 aromatic rings. The Hall–Kier alpha value is -2.40. The highest BCUT2D eigenvalue weighted by Gasteiger charge is 2.17. The van der Waals surface area contributed by atoms with Crippen LogP contribution in [0.2, 0.25) is 0 Å². The standard InChI is InChI=1S/C16H19N5O2S/c1-4-5-13-7-6-12(8-17)16(18-13)24-10-14(22)19-15-9-21(11(2)3)20-23-15/h6-7,9,11H,4-5,10H2,1-3H3/p+1. The quantitative estimate of drug-likeness (QED) is 0.611. The summed E-state index contributed by atoms with van der Waals surface area (Å²) in [5, 5.41) is 16.2. The van der Waals surface area contributed by atoms with Crippen molar-refractivity contribution >= 4 is 23.6 Å². The van der Waals surface area contributed by atoms with E-state index in [0.29, 0.717) is 16.5 Å². The Labute approximate surface area is 145 Å². The summed E-state index contributed by atoms with van der Waals surface area (Å²) in [5.41, 5.74) is 1.40. The summed E-state index contributed by atoms with van der Waals surface area (Å²) in [6, 6.07) is 5.86. The smallest absolute Gasteiger partial charge is 0.288 e. The van der Waals surface area contributed by atoms with Crippen molar-refractivity contribution in [2.45, 2.75) is 44.7 Å². The Kier molecular flexibility index (Phi) is 6.32. The van der Waals surface area contributed by atoms with Gasteiger partial charge in [-0.3, -0.25) is 14.6 Å². The molecule has 8 heteroatoms. The van der Waals surface area contributed by atoms with Gasteiger partial charge >= 0.3 is 5.88 Å². The molecule has 24 heavy (non-hydrogen) atoms. The molecule has 2 aromatic heterocycles. The van der Waals surface area contributed by atoms with E-state index in [-0.39, 0.29) is 17.7 Å². The van der Waals surface area contributed by atoms with Crippen LogP contribution in [0, 0.1) is 11.3 Å². The predicted molar refractivity (Wildman–Crippen MR) is 89.4 cm³/mol. The van der Waals surface area contributed by atoms with Gasteiger partial charge in [0, 0.05) is 5.69 Å². The largest absolute Gasteiger partial charge is 0.302 e. The zero-order valence-corrected chi connectivity index (χ0v) is 14.8. The molecule has 0 fully saturated rings. The van der Waals surface area contributed by atoms with Crippen molar-refractivity contribution in [2.24, 2.45) is 0 Å². The second-order valence-electron chi connectivity index (χ2n) is 5.49. The monoisotopic (exact) mass is 346 g/mol. The molecule has 1 amide bonds. The molecule has 0 aliphatic rings. The van der Waals surface area contributed by atoms with Crippen molar-refractivity contribution in [1.29, 1.82) is 5.26 Å². The number of aryl methyl sites for hydroxylation is 1. The van der Waals surface area contributed by atoms with Crippen molar-refractivity contribution in [3.8, 4) is 6.07 Å². The molecule has 0 bridgehead atoms. The number of carbonyl (C=O) groups is 1. The highest BCUT2D eigenvalue weighted by atomic mass is 32.2. The molecule has 0 aromatic carbocycles. The van der Waals surface area contributed by atoms with Crippen molar-refractivity contribution in [3.05, 3.63) is 29.6 Å². The van der Waals surface area contributed by atoms with Crippen LogP contribution in [0.4, 0.5) is 5.88 Å². The van der Waals surface area contributed by atoms with E-state index in [9.17, 15) is 4.79 Å². The average Bonchev–Trinajstić information content (AvgIpc) is 3.02. The van der Waals surface area contributed by atoms with Gasteiger partial charge in [0.25, 0.3) is 6.20 Å². The van der Waals surface area contributed by atoms with E-state index in [1.54, 1.807) is 16.9 Å². The van der Waals surface area contributed by atoms with Gasteiger partial charge in [0.15, 0.2) is 6.04 Å². The first kappa shape index (κ1) is 17.9. The molecule has 0 atom stereocenters. The first-order valence-corrected chi connectivity index (χ1v) is 8.72. The number of amides is 1. The number of hydrogen-bond donors (Lipinski definition) is 1. The molecular weight excluding hydrogens is 326 g/mol. The van der Waals surface area contributed by atoms with Crippen LogP contribution in [0.1, 0.15) is 44.5 Å². The first-order valence-electron chi connectivity index (χ1n) is 7.74. The van der Waals surface area contributed by atoms with Gasteiger partial charge in [0.05, 0.1) is 11.3 Å². The van der Waals surface area contributed by atoms with Crippen LogP contribution in [0.5, 0.6) is 0 Å². The van der Waals surface area contributed by atoms with Gasteiger partial charge < -0.3 is 0 Å². The number of nitrogens with one attached hydrogen (secondary N) is 1. The van der Waals surface area contributed by atoms with Crippen molar-refractivity contribution in [1.82, 2.24) is 10.3 Å². The summed E-state index contributed by atoms with van der Waals surface area (Å²) in [6.07, 6.45) is 3.46. The lowest BCUT2D eigenvalue weighted by Crippen LogP contribution is -2.36. The van der Waals surface area contributed by atoms with E-state index < -0.39 is 0 Å². The lowest BCUT2D eigenvalue weighted by atomic mass is 10.2. The van der Waals surface area contributed by atoms with Crippen LogP contribution in [0.3, 0.4) is 0 Å². The van der Waals surface area contributed by atoms with Crippen LogP contribution in [0.25, 0.3) is 0 Å². The molecule has 0 spiro atoms. The number of aromatic nitrogens is 3. The molecule has 0 unspecified atom stereocenters. The van der Waals surface area contributed by atoms with E-state index in [4.69, 9.17) is 9.78 Å². The number of nitrogens with zero attached hydrogens (tertiary/aromatic N) is 4. The Morgan fingerprint density at radius 2 is 2.29 bits per heavy atom. The summed E-state index contributed by atoms with van der Waals surface area (Å²) in [4.78, 5) is 16.5. The number of nitriles is 1. The maximum atomic E-state index is 12.0. The molecular formula is C16H20N5O2S+. The lowest BCUT2D eigenvalue weighted by Gasteiger charge is -2.05. The van der Waals surface area contributed by atoms with E-state index in [2.05, 4.69) is 28.6 Å². The summed E-state index contributed by atoms with van der Waals surface area (Å²) < 4.78 is 6.67. The van der Waals surface area contributed by atoms with E-state index in [1.807, 2.05) is 19.9 Å². The fourth-order valence-corrected chi connectivity index (χ4v) is 2.72. The fraction of sp³-hybridized carbons (Fsp3) is 0.438. The van der Waals surface area contributed by atoms with E-state index in [1.165, 1.54) is 11.8 Å². The average molecular weight is 346 g/mol. The third kappa shape index (κ3) is 4.80. The van der Waals surface area contributed by atoms with Crippen LogP contribution in [0.15, 0.2) is 27.9 Å². The number of carbonyl (C=O) groups excluding carboxylic acids is 1. The zero-order chi connectivity index (χ0) is 17.5. The van der Waals surface area contributed by atoms with Crippen molar-refractivity contribution in [3.63, 3.8) is 0 Å². The minimum atomic E-state index is -0.237. The third-order valence-electron chi connectivity index (χ3n) is 3.16. The van der Waals surface area contributed by atoms with Crippen LogP contribution >= 0.6 is 11.8 Å². The molecule has 2 heterocycles. The molecule has 7 nitrogen and oxygen atoms in total. The molecule has 0 aliphatic heterocycles. The van der Waals surface area contributed by atoms with Gasteiger partial charge in [-0.25, -0.2) is 4.98 Å². The Balaban J connectivity index is 1.97. The molecule has 2 rings (SSSR count). The fourth-order valence-electron chi connectivity index (χ4n) is 1.93. The highest BCUT2D eigenvalue weighted by Crippen LogP contribution is 2.21. The molecule has 0 radical (unpaired) electrons. The lowest BCUT2D eigenvalue weighted by molar-refractivity contribution is -0.779. The van der Waals surface area contributed by atoms with Crippen molar-refractivity contribution in [2.75, 3.05) is 11.1 Å². The van der Waals surface area contributed by atoms with Gasteiger partial charge in [0.1, 0.15) is 11.1 Å². The predicted octanol–water partition coefficient (Wildman–Crippen LogP) is 2.49.